The number of aliphatic hydroxyl groups excluding tert-OH is 1. The molecule has 1 aromatic heterocycles. The number of pyridine rings is 1. The Balaban J connectivity index is 2.15. The van der Waals surface area contributed by atoms with Crippen molar-refractivity contribution >= 4 is 23.1 Å². The van der Waals surface area contributed by atoms with E-state index in [1.165, 1.54) is 28.5 Å². The fourth-order valence-corrected chi connectivity index (χ4v) is 3.38. The Bertz CT molecular complexity index is 1060. The van der Waals surface area contributed by atoms with E-state index in [4.69, 9.17) is 0 Å². The molecule has 4 nitrogen and oxygen atoms in total. The fourth-order valence-electron chi connectivity index (χ4n) is 2.96. The molecule has 0 saturated carbocycles. The van der Waals surface area contributed by atoms with Crippen molar-refractivity contribution in [1.29, 1.82) is 0 Å². The second-order valence-electron chi connectivity index (χ2n) is 6.47. The molecule has 2 aromatic carbocycles. The molecule has 2 N–H and O–H groups in total. The maximum atomic E-state index is 14.1. The zero-order valence-electron chi connectivity index (χ0n) is 15.7. The Hall–Kier alpha value is -2.64. The molecule has 3 aromatic rings. The standard InChI is InChI=1S/C21H20F2N2O2S/c1-12-8-14(11-25(2)20(12)26)16-9-13(21(27)28-3)4-6-18(16)24-19-7-5-15(22)10-17(19)23/h4-11,21,24,27H,1-3H3/t21-/m1/s1. The summed E-state index contributed by atoms with van der Waals surface area (Å²) in [4.78, 5) is 12.0. The highest BCUT2D eigenvalue weighted by atomic mass is 32.2. The van der Waals surface area contributed by atoms with Gasteiger partial charge in [0.25, 0.3) is 5.56 Å². The van der Waals surface area contributed by atoms with E-state index < -0.39 is 17.1 Å². The number of aryl methyl sites for hydroxylation is 2. The first-order valence-corrected chi connectivity index (χ1v) is 9.83. The number of anilines is 2. The number of nitrogens with zero attached hydrogens (tertiary/aromatic N) is 1. The normalized spacial score (nSPS) is 12.1. The molecule has 0 aliphatic heterocycles. The van der Waals surface area contributed by atoms with Gasteiger partial charge >= 0.3 is 0 Å². The number of nitrogens with one attached hydrogen (secondary N) is 1. The molecule has 1 atom stereocenters. The molecule has 0 aliphatic rings. The molecule has 28 heavy (non-hydrogen) atoms. The molecule has 0 saturated heterocycles. The van der Waals surface area contributed by atoms with Gasteiger partial charge in [-0.1, -0.05) is 6.07 Å². The predicted octanol–water partition coefficient (Wildman–Crippen LogP) is 4.74. The minimum atomic E-state index is -0.719. The third-order valence-electron chi connectivity index (χ3n) is 4.43. The lowest BCUT2D eigenvalue weighted by molar-refractivity contribution is 0.271. The minimum Gasteiger partial charge on any atom is -0.378 e. The van der Waals surface area contributed by atoms with Crippen LogP contribution in [0.25, 0.3) is 11.1 Å². The molecule has 146 valence electrons. The molecule has 0 radical (unpaired) electrons. The van der Waals surface area contributed by atoms with Gasteiger partial charge in [-0.05, 0) is 49.1 Å². The van der Waals surface area contributed by atoms with Gasteiger partial charge in [0.05, 0.1) is 5.69 Å². The topological polar surface area (TPSA) is 54.3 Å². The summed E-state index contributed by atoms with van der Waals surface area (Å²) in [6.07, 6.45) is 3.48. The molecule has 0 fully saturated rings. The summed E-state index contributed by atoms with van der Waals surface area (Å²) in [6.45, 7) is 1.72. The van der Waals surface area contributed by atoms with E-state index in [2.05, 4.69) is 5.32 Å². The van der Waals surface area contributed by atoms with Crippen molar-refractivity contribution in [1.82, 2.24) is 4.57 Å². The number of rotatable bonds is 5. The number of aliphatic hydroxyl groups is 1. The molecule has 0 spiro atoms. The summed E-state index contributed by atoms with van der Waals surface area (Å²) in [5.41, 5.74) is 2.54. The third-order valence-corrected chi connectivity index (χ3v) is 5.14. The average molecular weight is 402 g/mol. The first-order chi connectivity index (χ1) is 13.3. The number of thioether (sulfide) groups is 1. The Kier molecular flexibility index (Phi) is 5.86. The van der Waals surface area contributed by atoms with Crippen molar-refractivity contribution in [3.63, 3.8) is 0 Å². The number of benzene rings is 2. The number of hydrogen-bond donors (Lipinski definition) is 2. The fraction of sp³-hybridized carbons (Fsp3) is 0.190. The van der Waals surface area contributed by atoms with Crippen molar-refractivity contribution in [3.05, 3.63) is 81.8 Å². The van der Waals surface area contributed by atoms with Crippen LogP contribution in [0, 0.1) is 18.6 Å². The van der Waals surface area contributed by atoms with Crippen molar-refractivity contribution in [2.45, 2.75) is 12.4 Å². The van der Waals surface area contributed by atoms with E-state index in [-0.39, 0.29) is 11.2 Å². The van der Waals surface area contributed by atoms with Gasteiger partial charge in [0.1, 0.15) is 17.1 Å². The highest BCUT2D eigenvalue weighted by Gasteiger charge is 2.14. The van der Waals surface area contributed by atoms with Crippen molar-refractivity contribution in [2.24, 2.45) is 7.05 Å². The summed E-state index contributed by atoms with van der Waals surface area (Å²) in [7, 11) is 1.66. The van der Waals surface area contributed by atoms with Gasteiger partial charge in [-0.3, -0.25) is 4.79 Å². The van der Waals surface area contributed by atoms with E-state index in [9.17, 15) is 18.7 Å². The van der Waals surface area contributed by atoms with Gasteiger partial charge in [0, 0.05) is 41.7 Å². The zero-order valence-corrected chi connectivity index (χ0v) is 16.5. The van der Waals surface area contributed by atoms with Crippen LogP contribution in [0.5, 0.6) is 0 Å². The minimum absolute atomic E-state index is 0.108. The Labute approximate surface area is 165 Å². The molecule has 7 heteroatoms. The molecular formula is C21H20F2N2O2S. The van der Waals surface area contributed by atoms with Crippen LogP contribution in [0.3, 0.4) is 0 Å². The summed E-state index contributed by atoms with van der Waals surface area (Å²) >= 11 is 1.28. The van der Waals surface area contributed by atoms with Crippen molar-refractivity contribution in [2.75, 3.05) is 11.6 Å². The zero-order chi connectivity index (χ0) is 20.4. The van der Waals surface area contributed by atoms with Crippen LogP contribution in [-0.4, -0.2) is 15.9 Å². The Morgan fingerprint density at radius 1 is 1.11 bits per heavy atom. The van der Waals surface area contributed by atoms with Crippen LogP contribution in [-0.2, 0) is 7.05 Å². The van der Waals surface area contributed by atoms with E-state index >= 15 is 0 Å². The summed E-state index contributed by atoms with van der Waals surface area (Å²) in [5, 5.41) is 13.2. The predicted molar refractivity (Wildman–Crippen MR) is 110 cm³/mol. The van der Waals surface area contributed by atoms with E-state index in [0.717, 1.165) is 11.6 Å². The van der Waals surface area contributed by atoms with Crippen LogP contribution < -0.4 is 10.9 Å². The van der Waals surface area contributed by atoms with Crippen LogP contribution in [0.4, 0.5) is 20.2 Å². The third kappa shape index (κ3) is 4.10. The first kappa shape index (κ1) is 20.1. The van der Waals surface area contributed by atoms with Crippen LogP contribution >= 0.6 is 11.8 Å². The van der Waals surface area contributed by atoms with Gasteiger partial charge < -0.3 is 15.0 Å². The first-order valence-electron chi connectivity index (χ1n) is 8.54. The van der Waals surface area contributed by atoms with Gasteiger partial charge in [0.15, 0.2) is 0 Å². The van der Waals surface area contributed by atoms with Gasteiger partial charge in [-0.25, -0.2) is 8.78 Å². The second-order valence-corrected chi connectivity index (χ2v) is 7.39. The van der Waals surface area contributed by atoms with Crippen molar-refractivity contribution in [3.8, 4) is 11.1 Å². The van der Waals surface area contributed by atoms with Crippen LogP contribution in [0.1, 0.15) is 16.6 Å². The molecule has 0 amide bonds. The van der Waals surface area contributed by atoms with Gasteiger partial charge in [-0.2, -0.15) is 0 Å². The quantitative estimate of drug-likeness (QED) is 0.606. The Morgan fingerprint density at radius 2 is 1.82 bits per heavy atom. The Morgan fingerprint density at radius 3 is 2.46 bits per heavy atom. The smallest absolute Gasteiger partial charge is 0.253 e. The monoisotopic (exact) mass is 402 g/mol. The van der Waals surface area contributed by atoms with Crippen LogP contribution in [0.15, 0.2) is 53.5 Å². The summed E-state index contributed by atoms with van der Waals surface area (Å²) in [6, 6.07) is 10.3. The highest BCUT2D eigenvalue weighted by molar-refractivity contribution is 7.98. The largest absolute Gasteiger partial charge is 0.378 e. The maximum absolute atomic E-state index is 14.1. The lowest BCUT2D eigenvalue weighted by atomic mass is 10.0. The second kappa shape index (κ2) is 8.16. The lowest BCUT2D eigenvalue weighted by Crippen LogP contribution is -2.18. The lowest BCUT2D eigenvalue weighted by Gasteiger charge is -2.17. The molecule has 1 heterocycles. The highest BCUT2D eigenvalue weighted by Crippen LogP contribution is 2.35. The molecule has 3 rings (SSSR count). The molecule has 0 aliphatic carbocycles. The molecule has 0 bridgehead atoms. The molecular weight excluding hydrogens is 382 g/mol. The summed E-state index contributed by atoms with van der Waals surface area (Å²) < 4.78 is 28.8. The van der Waals surface area contributed by atoms with E-state index in [1.807, 2.05) is 0 Å². The van der Waals surface area contributed by atoms with E-state index in [0.29, 0.717) is 22.4 Å². The van der Waals surface area contributed by atoms with Gasteiger partial charge in [-0.15, -0.1) is 11.8 Å². The molecule has 0 unspecified atom stereocenters. The number of hydrogen-bond acceptors (Lipinski definition) is 4. The van der Waals surface area contributed by atoms with Crippen LogP contribution in [0.2, 0.25) is 0 Å². The maximum Gasteiger partial charge on any atom is 0.253 e. The number of aromatic nitrogens is 1. The summed E-state index contributed by atoms with van der Waals surface area (Å²) in [5.74, 6) is -1.37. The van der Waals surface area contributed by atoms with Gasteiger partial charge in [0.2, 0.25) is 0 Å². The SMILES string of the molecule is CS[C@@H](O)c1ccc(Nc2ccc(F)cc2F)c(-c2cc(C)c(=O)n(C)c2)c1. The van der Waals surface area contributed by atoms with E-state index in [1.54, 1.807) is 50.7 Å². The number of halogens is 2. The van der Waals surface area contributed by atoms with Crippen molar-refractivity contribution < 1.29 is 13.9 Å². The average Bonchev–Trinajstić information content (AvgIpc) is 2.67.